The predicted molar refractivity (Wildman–Crippen MR) is 133 cm³/mol. The molecule has 1 saturated heterocycles. The molecule has 7 nitrogen and oxygen atoms in total. The summed E-state index contributed by atoms with van der Waals surface area (Å²) in [5, 5.41) is 13.7. The highest BCUT2D eigenvalue weighted by molar-refractivity contribution is 5.57. The highest BCUT2D eigenvalue weighted by Gasteiger charge is 2.39. The van der Waals surface area contributed by atoms with Gasteiger partial charge in [-0.3, -0.25) is 4.90 Å². The normalized spacial score (nSPS) is 14.7. The minimum Gasteiger partial charge on any atom is -0.496 e. The fraction of sp³-hybridized carbons (Fsp3) is 0.296. The molecule has 3 aromatic carbocycles. The maximum atomic E-state index is 13.8. The Balaban J connectivity index is 1.74. The van der Waals surface area contributed by atoms with Crippen molar-refractivity contribution in [3.05, 3.63) is 101 Å². The molecule has 0 unspecified atom stereocenters. The van der Waals surface area contributed by atoms with Crippen molar-refractivity contribution in [1.29, 1.82) is 0 Å². The first kappa shape index (κ1) is 24.9. The molecule has 0 radical (unpaired) electrons. The zero-order chi connectivity index (χ0) is 25.8. The largest absolute Gasteiger partial charge is 0.496 e. The standard InChI is InChI=1S/C27H27F3N6O/c1-37-25-21(18-35-14-12-31-13-15-35)16-22(36-26(27(28,29)30)32-33-34-36)17-23(25)24(19-8-4-2-5-9-19)20-10-6-3-7-11-20/h2-11,16-17,24,31H,12-15,18H2,1H3. The summed E-state index contributed by atoms with van der Waals surface area (Å²) in [5.41, 5.74) is 3.73. The van der Waals surface area contributed by atoms with Crippen molar-refractivity contribution >= 4 is 0 Å². The lowest BCUT2D eigenvalue weighted by Gasteiger charge is -2.29. The Bertz CT molecular complexity index is 1280. The summed E-state index contributed by atoms with van der Waals surface area (Å²) < 4.78 is 48.1. The van der Waals surface area contributed by atoms with Crippen LogP contribution in [-0.4, -0.2) is 58.4 Å². The summed E-state index contributed by atoms with van der Waals surface area (Å²) in [6, 6.07) is 23.1. The SMILES string of the molecule is COc1c(CN2CCNCC2)cc(-n2nnnc2C(F)(F)F)cc1C(c1ccccc1)c1ccccc1. The third kappa shape index (κ3) is 5.35. The molecule has 0 spiro atoms. The number of aromatic nitrogens is 4. The highest BCUT2D eigenvalue weighted by Crippen LogP contribution is 2.41. The molecule has 0 amide bonds. The molecular weight excluding hydrogens is 481 g/mol. The van der Waals surface area contributed by atoms with Gasteiger partial charge < -0.3 is 10.1 Å². The van der Waals surface area contributed by atoms with Gasteiger partial charge in [-0.15, -0.1) is 5.10 Å². The third-order valence-corrected chi connectivity index (χ3v) is 6.53. The van der Waals surface area contributed by atoms with Crippen LogP contribution in [0.5, 0.6) is 5.75 Å². The monoisotopic (exact) mass is 508 g/mol. The molecule has 0 saturated carbocycles. The van der Waals surface area contributed by atoms with Crippen molar-refractivity contribution in [2.24, 2.45) is 0 Å². The number of nitrogens with one attached hydrogen (secondary N) is 1. The number of rotatable bonds is 7. The molecule has 0 atom stereocenters. The molecule has 2 heterocycles. The van der Waals surface area contributed by atoms with Gasteiger partial charge in [0.2, 0.25) is 0 Å². The molecule has 1 aromatic heterocycles. The molecule has 1 N–H and O–H groups in total. The molecule has 0 aliphatic carbocycles. The lowest BCUT2D eigenvalue weighted by molar-refractivity contribution is -0.146. The molecule has 4 aromatic rings. The molecule has 0 bridgehead atoms. The number of halogens is 3. The number of hydrogen-bond acceptors (Lipinski definition) is 6. The van der Waals surface area contributed by atoms with E-state index in [0.717, 1.165) is 53.1 Å². The van der Waals surface area contributed by atoms with Crippen LogP contribution in [0.1, 0.15) is 34.0 Å². The molecule has 10 heteroatoms. The van der Waals surface area contributed by atoms with Crippen LogP contribution in [0.3, 0.4) is 0 Å². The Hall–Kier alpha value is -3.76. The Morgan fingerprint density at radius 3 is 2.14 bits per heavy atom. The van der Waals surface area contributed by atoms with Crippen LogP contribution in [0.15, 0.2) is 72.8 Å². The smallest absolute Gasteiger partial charge is 0.453 e. The minimum atomic E-state index is -4.71. The number of alkyl halides is 3. The highest BCUT2D eigenvalue weighted by atomic mass is 19.4. The van der Waals surface area contributed by atoms with Crippen LogP contribution in [-0.2, 0) is 12.7 Å². The van der Waals surface area contributed by atoms with E-state index in [1.807, 2.05) is 60.7 Å². The lowest BCUT2D eigenvalue weighted by atomic mass is 9.83. The van der Waals surface area contributed by atoms with E-state index < -0.39 is 12.0 Å². The summed E-state index contributed by atoms with van der Waals surface area (Å²) in [7, 11) is 1.60. The molecular formula is C27H27F3N6O. The second-order valence-corrected chi connectivity index (χ2v) is 8.92. The second kappa shape index (κ2) is 10.7. The zero-order valence-electron chi connectivity index (χ0n) is 20.3. The summed E-state index contributed by atoms with van der Waals surface area (Å²) in [4.78, 5) is 2.26. The van der Waals surface area contributed by atoms with Crippen LogP contribution >= 0.6 is 0 Å². The first-order valence-electron chi connectivity index (χ1n) is 12.1. The number of nitrogens with zero attached hydrogens (tertiary/aromatic N) is 5. The van der Waals surface area contributed by atoms with E-state index in [9.17, 15) is 13.2 Å². The summed E-state index contributed by atoms with van der Waals surface area (Å²) in [5.74, 6) is -0.820. The van der Waals surface area contributed by atoms with Gasteiger partial charge in [0.05, 0.1) is 12.8 Å². The average Bonchev–Trinajstić information content (AvgIpc) is 3.42. The fourth-order valence-corrected chi connectivity index (χ4v) is 4.89. The summed E-state index contributed by atoms with van der Waals surface area (Å²) in [6.45, 7) is 3.85. The zero-order valence-corrected chi connectivity index (χ0v) is 20.3. The molecule has 1 aliphatic rings. The van der Waals surface area contributed by atoms with Crippen molar-refractivity contribution in [2.75, 3.05) is 33.3 Å². The van der Waals surface area contributed by atoms with Gasteiger partial charge in [0.1, 0.15) is 5.75 Å². The maximum Gasteiger partial charge on any atom is 0.453 e. The molecule has 37 heavy (non-hydrogen) atoms. The Kier molecular flexibility index (Phi) is 7.20. The lowest BCUT2D eigenvalue weighted by Crippen LogP contribution is -2.43. The number of tetrazole rings is 1. The van der Waals surface area contributed by atoms with Gasteiger partial charge in [0.15, 0.2) is 0 Å². The van der Waals surface area contributed by atoms with Crippen molar-refractivity contribution in [3.8, 4) is 11.4 Å². The third-order valence-electron chi connectivity index (χ3n) is 6.53. The fourth-order valence-electron chi connectivity index (χ4n) is 4.89. The average molecular weight is 509 g/mol. The van der Waals surface area contributed by atoms with Crippen LogP contribution in [0, 0.1) is 0 Å². The number of hydrogen-bond donors (Lipinski definition) is 1. The van der Waals surface area contributed by atoms with Gasteiger partial charge in [0.25, 0.3) is 5.82 Å². The van der Waals surface area contributed by atoms with E-state index in [2.05, 4.69) is 25.7 Å². The number of methoxy groups -OCH3 is 1. The van der Waals surface area contributed by atoms with Crippen LogP contribution in [0.25, 0.3) is 5.69 Å². The Labute approximate surface area is 212 Å². The first-order valence-corrected chi connectivity index (χ1v) is 12.1. The van der Waals surface area contributed by atoms with Gasteiger partial charge in [0, 0.05) is 49.8 Å². The minimum absolute atomic E-state index is 0.232. The summed E-state index contributed by atoms with van der Waals surface area (Å²) in [6.07, 6.45) is -4.71. The Morgan fingerprint density at radius 2 is 1.57 bits per heavy atom. The predicted octanol–water partition coefficient (Wildman–Crippen LogP) is 4.28. The van der Waals surface area contributed by atoms with E-state index >= 15 is 0 Å². The topological polar surface area (TPSA) is 68.1 Å². The van der Waals surface area contributed by atoms with E-state index in [1.165, 1.54) is 0 Å². The molecule has 5 rings (SSSR count). The van der Waals surface area contributed by atoms with Gasteiger partial charge in [-0.25, -0.2) is 0 Å². The van der Waals surface area contributed by atoms with E-state index in [1.54, 1.807) is 19.2 Å². The van der Waals surface area contributed by atoms with Crippen molar-refractivity contribution in [3.63, 3.8) is 0 Å². The number of piperazine rings is 1. The van der Waals surface area contributed by atoms with Crippen molar-refractivity contribution < 1.29 is 17.9 Å². The molecule has 192 valence electrons. The maximum absolute atomic E-state index is 13.8. The number of ether oxygens (including phenoxy) is 1. The van der Waals surface area contributed by atoms with Crippen molar-refractivity contribution in [2.45, 2.75) is 18.6 Å². The van der Waals surface area contributed by atoms with Crippen LogP contribution in [0.4, 0.5) is 13.2 Å². The van der Waals surface area contributed by atoms with Gasteiger partial charge in [-0.1, -0.05) is 60.7 Å². The van der Waals surface area contributed by atoms with Gasteiger partial charge in [-0.05, 0) is 33.7 Å². The van der Waals surface area contributed by atoms with Crippen LogP contribution < -0.4 is 10.1 Å². The molecule has 1 aliphatic heterocycles. The van der Waals surface area contributed by atoms with E-state index in [0.29, 0.717) is 12.3 Å². The van der Waals surface area contributed by atoms with Gasteiger partial charge >= 0.3 is 6.18 Å². The second-order valence-electron chi connectivity index (χ2n) is 8.92. The summed E-state index contributed by atoms with van der Waals surface area (Å²) >= 11 is 0. The number of benzene rings is 3. The van der Waals surface area contributed by atoms with E-state index in [4.69, 9.17) is 4.74 Å². The quantitative estimate of drug-likeness (QED) is 0.376. The van der Waals surface area contributed by atoms with Gasteiger partial charge in [-0.2, -0.15) is 17.9 Å². The van der Waals surface area contributed by atoms with E-state index in [-0.39, 0.29) is 11.6 Å². The first-order chi connectivity index (χ1) is 18.0. The molecule has 1 fully saturated rings. The van der Waals surface area contributed by atoms with Crippen molar-refractivity contribution in [1.82, 2.24) is 30.4 Å². The van der Waals surface area contributed by atoms with Crippen LogP contribution in [0.2, 0.25) is 0 Å². The Morgan fingerprint density at radius 1 is 0.946 bits per heavy atom.